The monoisotopic (exact) mass is 366 g/mol. The van der Waals surface area contributed by atoms with Crippen molar-refractivity contribution in [3.8, 4) is 11.1 Å². The summed E-state index contributed by atoms with van der Waals surface area (Å²) >= 11 is 0. The van der Waals surface area contributed by atoms with E-state index in [1.165, 1.54) is 7.05 Å². The number of benzene rings is 2. The summed E-state index contributed by atoms with van der Waals surface area (Å²) in [5.74, 6) is -1.23. The highest BCUT2D eigenvalue weighted by atomic mass is 19.1. The van der Waals surface area contributed by atoms with Gasteiger partial charge in [0.05, 0.1) is 5.69 Å². The van der Waals surface area contributed by atoms with Crippen LogP contribution in [0.25, 0.3) is 11.1 Å². The van der Waals surface area contributed by atoms with Crippen LogP contribution in [0.2, 0.25) is 0 Å². The van der Waals surface area contributed by atoms with Gasteiger partial charge in [-0.25, -0.2) is 4.68 Å². The van der Waals surface area contributed by atoms with Crippen molar-refractivity contribution < 1.29 is 9.18 Å². The normalized spacial score (nSPS) is 11.9. The van der Waals surface area contributed by atoms with Gasteiger partial charge in [0.2, 0.25) is 5.95 Å². The topological polar surface area (TPSA) is 76.3 Å². The number of carbonyl (C=O) groups is 1. The first-order chi connectivity index (χ1) is 12.9. The number of rotatable bonds is 5. The predicted molar refractivity (Wildman–Crippen MR) is 102 cm³/mol. The van der Waals surface area contributed by atoms with Crippen molar-refractivity contribution in [1.29, 1.82) is 0 Å². The number of anilines is 1. The zero-order valence-corrected chi connectivity index (χ0v) is 15.2. The van der Waals surface area contributed by atoms with E-state index in [-0.39, 0.29) is 5.56 Å². The lowest BCUT2D eigenvalue weighted by molar-refractivity contribution is 0.102. The van der Waals surface area contributed by atoms with Crippen molar-refractivity contribution >= 4 is 11.6 Å². The van der Waals surface area contributed by atoms with Gasteiger partial charge < -0.3 is 5.32 Å². The van der Waals surface area contributed by atoms with E-state index in [0.717, 1.165) is 21.4 Å². The number of aromatic nitrogens is 2. The van der Waals surface area contributed by atoms with E-state index in [2.05, 4.69) is 15.6 Å². The highest BCUT2D eigenvalue weighted by molar-refractivity contribution is 6.07. The van der Waals surface area contributed by atoms with E-state index >= 15 is 0 Å². The third kappa shape index (κ3) is 3.62. The Labute approximate surface area is 156 Å². The van der Waals surface area contributed by atoms with Gasteiger partial charge in [0, 0.05) is 18.3 Å². The maximum absolute atomic E-state index is 14.2. The molecule has 27 heavy (non-hydrogen) atoms. The molecule has 138 valence electrons. The molecule has 1 heterocycles. The zero-order chi connectivity index (χ0) is 19.6. The molecule has 1 N–H and O–H groups in total. The molecule has 0 saturated heterocycles. The summed E-state index contributed by atoms with van der Waals surface area (Å²) in [4.78, 5) is 23.3. The van der Waals surface area contributed by atoms with Crippen LogP contribution < -0.4 is 5.32 Å². The van der Waals surface area contributed by atoms with Crippen molar-refractivity contribution in [2.75, 3.05) is 5.32 Å². The number of carbonyl (C=O) groups excluding carboxylic acids is 1. The largest absolute Gasteiger partial charge is 0.321 e. The van der Waals surface area contributed by atoms with Gasteiger partial charge in [-0.2, -0.15) is 14.4 Å². The smallest absolute Gasteiger partial charge is 0.262 e. The van der Waals surface area contributed by atoms with Crippen LogP contribution in [0.3, 0.4) is 0 Å². The van der Waals surface area contributed by atoms with Crippen LogP contribution in [-0.2, 0) is 7.05 Å². The number of nitroso groups, excluding NO2 is 1. The summed E-state index contributed by atoms with van der Waals surface area (Å²) in [5, 5.41) is 9.72. The van der Waals surface area contributed by atoms with Gasteiger partial charge in [-0.1, -0.05) is 47.6 Å². The average Bonchev–Trinajstić information content (AvgIpc) is 2.93. The molecule has 0 spiro atoms. The van der Waals surface area contributed by atoms with Crippen molar-refractivity contribution in [3.63, 3.8) is 0 Å². The zero-order valence-electron chi connectivity index (χ0n) is 15.2. The van der Waals surface area contributed by atoms with Crippen molar-refractivity contribution in [2.24, 2.45) is 12.2 Å². The lowest BCUT2D eigenvalue weighted by Crippen LogP contribution is -2.15. The van der Waals surface area contributed by atoms with E-state index in [4.69, 9.17) is 0 Å². The minimum atomic E-state index is -0.679. The molecule has 0 aliphatic carbocycles. The molecule has 3 rings (SSSR count). The number of nitrogens with one attached hydrogen (secondary N) is 1. The van der Waals surface area contributed by atoms with Gasteiger partial charge in [0.25, 0.3) is 5.91 Å². The molecule has 6 nitrogen and oxygen atoms in total. The summed E-state index contributed by atoms with van der Waals surface area (Å²) in [7, 11) is 1.45. The van der Waals surface area contributed by atoms with E-state index in [9.17, 15) is 14.1 Å². The number of aryl methyl sites for hydroxylation is 2. The lowest BCUT2D eigenvalue weighted by Gasteiger charge is -2.12. The van der Waals surface area contributed by atoms with Gasteiger partial charge in [0.15, 0.2) is 0 Å². The standard InChI is InChI=1S/C20H19FN4O2/c1-12(24-27)14-8-10-15(11-9-14)16-6-4-5-7-17(16)22-20(26)18-13(2)23-25(3)19(18)21/h4-12H,1-3H3,(H,22,26). The minimum Gasteiger partial charge on any atom is -0.321 e. The highest BCUT2D eigenvalue weighted by Crippen LogP contribution is 2.30. The molecule has 1 amide bonds. The molecule has 2 aromatic carbocycles. The van der Waals surface area contributed by atoms with Gasteiger partial charge in [-0.15, -0.1) is 0 Å². The Bertz CT molecular complexity index is 996. The first kappa shape index (κ1) is 18.4. The van der Waals surface area contributed by atoms with Crippen LogP contribution >= 0.6 is 0 Å². The maximum atomic E-state index is 14.2. The maximum Gasteiger partial charge on any atom is 0.262 e. The second-order valence-corrected chi connectivity index (χ2v) is 6.28. The van der Waals surface area contributed by atoms with Crippen molar-refractivity contribution in [1.82, 2.24) is 9.78 Å². The van der Waals surface area contributed by atoms with Gasteiger partial charge in [0.1, 0.15) is 11.6 Å². The Morgan fingerprint density at radius 3 is 2.44 bits per heavy atom. The summed E-state index contributed by atoms with van der Waals surface area (Å²) in [6.45, 7) is 3.31. The molecule has 0 aliphatic heterocycles. The molecule has 0 bridgehead atoms. The number of hydrogen-bond donors (Lipinski definition) is 1. The fourth-order valence-electron chi connectivity index (χ4n) is 2.92. The molecule has 3 aromatic rings. The molecule has 0 fully saturated rings. The summed E-state index contributed by atoms with van der Waals surface area (Å²) < 4.78 is 15.2. The van der Waals surface area contributed by atoms with Crippen LogP contribution in [0.1, 0.15) is 34.6 Å². The average molecular weight is 366 g/mol. The summed E-state index contributed by atoms with van der Waals surface area (Å²) in [6, 6.07) is 14.2. The Hall–Kier alpha value is -3.35. The minimum absolute atomic E-state index is 0.0754. The van der Waals surface area contributed by atoms with E-state index in [1.54, 1.807) is 26.0 Å². The van der Waals surface area contributed by atoms with E-state index in [0.29, 0.717) is 11.4 Å². The fourth-order valence-corrected chi connectivity index (χ4v) is 2.92. The van der Waals surface area contributed by atoms with Gasteiger partial charge >= 0.3 is 0 Å². The second-order valence-electron chi connectivity index (χ2n) is 6.28. The number of amides is 1. The molecule has 1 atom stereocenters. The quantitative estimate of drug-likeness (QED) is 0.670. The molecule has 1 aromatic heterocycles. The van der Waals surface area contributed by atoms with Gasteiger partial charge in [-0.3, -0.25) is 4.79 Å². The number of hydrogen-bond acceptors (Lipinski definition) is 4. The molecular formula is C20H19FN4O2. The number of halogens is 1. The lowest BCUT2D eigenvalue weighted by atomic mass is 10.00. The van der Waals surface area contributed by atoms with E-state index in [1.807, 2.05) is 36.4 Å². The first-order valence-electron chi connectivity index (χ1n) is 8.44. The third-order valence-electron chi connectivity index (χ3n) is 4.42. The Kier molecular flexibility index (Phi) is 5.12. The summed E-state index contributed by atoms with van der Waals surface area (Å²) in [5.41, 5.74) is 3.25. The van der Waals surface area contributed by atoms with E-state index < -0.39 is 17.9 Å². The molecule has 7 heteroatoms. The molecule has 0 radical (unpaired) electrons. The van der Waals surface area contributed by atoms with Crippen molar-refractivity contribution in [3.05, 3.63) is 76.2 Å². The molecule has 0 saturated carbocycles. The SMILES string of the molecule is Cc1nn(C)c(F)c1C(=O)Nc1ccccc1-c1ccc(C(C)N=O)cc1. The van der Waals surface area contributed by atoms with Crippen LogP contribution in [0.4, 0.5) is 10.1 Å². The molecule has 0 aliphatic rings. The Balaban J connectivity index is 1.92. The fraction of sp³-hybridized carbons (Fsp3) is 0.200. The molecular weight excluding hydrogens is 347 g/mol. The number of para-hydroxylation sites is 1. The third-order valence-corrected chi connectivity index (χ3v) is 4.42. The van der Waals surface area contributed by atoms with Gasteiger partial charge in [-0.05, 0) is 31.0 Å². The van der Waals surface area contributed by atoms with Crippen molar-refractivity contribution in [2.45, 2.75) is 19.9 Å². The highest BCUT2D eigenvalue weighted by Gasteiger charge is 2.21. The first-order valence-corrected chi connectivity index (χ1v) is 8.44. The molecule has 1 unspecified atom stereocenters. The van der Waals surface area contributed by atoms with Crippen LogP contribution in [0.5, 0.6) is 0 Å². The van der Waals surface area contributed by atoms with Crippen LogP contribution in [0, 0.1) is 17.8 Å². The second kappa shape index (κ2) is 7.49. The Morgan fingerprint density at radius 1 is 1.19 bits per heavy atom. The summed E-state index contributed by atoms with van der Waals surface area (Å²) in [6.07, 6.45) is 0. The van der Waals surface area contributed by atoms with Crippen LogP contribution in [-0.4, -0.2) is 15.7 Å². The predicted octanol–water partition coefficient (Wildman–Crippen LogP) is 4.61. The number of nitrogens with zero attached hydrogens (tertiary/aromatic N) is 3. The van der Waals surface area contributed by atoms with Crippen LogP contribution in [0.15, 0.2) is 53.7 Å². The Morgan fingerprint density at radius 2 is 1.85 bits per heavy atom.